The summed E-state index contributed by atoms with van der Waals surface area (Å²) >= 11 is 0. The molecule has 4 nitrogen and oxygen atoms in total. The Morgan fingerprint density at radius 1 is 1.40 bits per heavy atom. The zero-order valence-corrected chi connectivity index (χ0v) is 12.8. The number of carboxylic acids is 1. The third-order valence-corrected chi connectivity index (χ3v) is 3.25. The number of carbonyl (C=O) groups is 1. The zero-order valence-electron chi connectivity index (χ0n) is 12.8. The largest absolute Gasteiger partial charge is 0.492 e. The van der Waals surface area contributed by atoms with Gasteiger partial charge in [0.15, 0.2) is 0 Å². The van der Waals surface area contributed by atoms with Crippen molar-refractivity contribution in [3.8, 4) is 5.75 Å². The summed E-state index contributed by atoms with van der Waals surface area (Å²) in [4.78, 5) is 11.1. The molecule has 0 saturated heterocycles. The van der Waals surface area contributed by atoms with E-state index >= 15 is 0 Å². The molecule has 0 radical (unpaired) electrons. The second-order valence-corrected chi connectivity index (χ2v) is 5.69. The molecule has 0 bridgehead atoms. The minimum absolute atomic E-state index is 0.153. The van der Waals surface area contributed by atoms with E-state index in [9.17, 15) is 4.79 Å². The highest BCUT2D eigenvalue weighted by Gasteiger charge is 2.28. The Kier molecular flexibility index (Phi) is 6.02. The molecule has 1 unspecified atom stereocenters. The molecule has 0 spiro atoms. The first-order chi connectivity index (χ1) is 9.38. The second-order valence-electron chi connectivity index (χ2n) is 5.69. The van der Waals surface area contributed by atoms with Gasteiger partial charge in [-0.3, -0.25) is 4.79 Å². The molecule has 1 aromatic carbocycles. The van der Waals surface area contributed by atoms with Crippen LogP contribution in [0.5, 0.6) is 5.75 Å². The van der Waals surface area contributed by atoms with E-state index in [4.69, 9.17) is 9.84 Å². The van der Waals surface area contributed by atoms with Crippen molar-refractivity contribution in [1.29, 1.82) is 0 Å². The molecular formula is C16H25NO3. The van der Waals surface area contributed by atoms with Crippen molar-refractivity contribution in [3.05, 3.63) is 29.8 Å². The minimum Gasteiger partial charge on any atom is -0.492 e. The van der Waals surface area contributed by atoms with Crippen molar-refractivity contribution >= 4 is 5.97 Å². The van der Waals surface area contributed by atoms with Crippen LogP contribution in [0, 0.1) is 5.41 Å². The van der Waals surface area contributed by atoms with Crippen LogP contribution >= 0.6 is 0 Å². The van der Waals surface area contributed by atoms with Crippen molar-refractivity contribution in [3.63, 3.8) is 0 Å². The average molecular weight is 279 g/mol. The summed E-state index contributed by atoms with van der Waals surface area (Å²) in [5, 5.41) is 12.5. The maximum Gasteiger partial charge on any atom is 0.312 e. The molecule has 4 heteroatoms. The van der Waals surface area contributed by atoms with Crippen LogP contribution < -0.4 is 10.1 Å². The van der Waals surface area contributed by atoms with Gasteiger partial charge >= 0.3 is 5.97 Å². The molecular weight excluding hydrogens is 254 g/mol. The summed E-state index contributed by atoms with van der Waals surface area (Å²) < 4.78 is 5.74. The van der Waals surface area contributed by atoms with Gasteiger partial charge < -0.3 is 15.2 Å². The minimum atomic E-state index is -0.896. The van der Waals surface area contributed by atoms with Crippen LogP contribution in [0.4, 0.5) is 0 Å². The SMILES string of the molecule is CCCNC(C)c1ccccc1OCC(C)(C)C(=O)O. The summed E-state index contributed by atoms with van der Waals surface area (Å²) in [6.07, 6.45) is 1.07. The van der Waals surface area contributed by atoms with Crippen LogP contribution in [0.25, 0.3) is 0 Å². The van der Waals surface area contributed by atoms with Crippen LogP contribution in [0.2, 0.25) is 0 Å². The molecule has 0 amide bonds. The molecule has 0 heterocycles. The third-order valence-electron chi connectivity index (χ3n) is 3.25. The predicted molar refractivity (Wildman–Crippen MR) is 80.1 cm³/mol. The van der Waals surface area contributed by atoms with E-state index in [0.29, 0.717) is 0 Å². The molecule has 1 atom stereocenters. The Morgan fingerprint density at radius 2 is 2.05 bits per heavy atom. The normalized spacial score (nSPS) is 13.0. The van der Waals surface area contributed by atoms with E-state index in [1.807, 2.05) is 24.3 Å². The molecule has 0 fully saturated rings. The number of aliphatic carboxylic acids is 1. The maximum absolute atomic E-state index is 11.1. The fraction of sp³-hybridized carbons (Fsp3) is 0.562. The number of rotatable bonds is 8. The van der Waals surface area contributed by atoms with Crippen LogP contribution in [-0.2, 0) is 4.79 Å². The van der Waals surface area contributed by atoms with Gasteiger partial charge in [-0.05, 0) is 39.8 Å². The van der Waals surface area contributed by atoms with Crippen molar-refractivity contribution in [1.82, 2.24) is 5.32 Å². The van der Waals surface area contributed by atoms with Gasteiger partial charge in [-0.25, -0.2) is 0 Å². The number of carboxylic acid groups (broad SMARTS) is 1. The molecule has 20 heavy (non-hydrogen) atoms. The first-order valence-electron chi connectivity index (χ1n) is 7.07. The van der Waals surface area contributed by atoms with Gasteiger partial charge in [0.25, 0.3) is 0 Å². The van der Waals surface area contributed by atoms with Crippen molar-refractivity contribution < 1.29 is 14.6 Å². The highest BCUT2D eigenvalue weighted by Crippen LogP contribution is 2.27. The van der Waals surface area contributed by atoms with Crippen LogP contribution in [-0.4, -0.2) is 24.2 Å². The van der Waals surface area contributed by atoms with Crippen LogP contribution in [0.15, 0.2) is 24.3 Å². The van der Waals surface area contributed by atoms with E-state index in [-0.39, 0.29) is 12.6 Å². The molecule has 0 saturated carbocycles. The lowest BCUT2D eigenvalue weighted by Gasteiger charge is -2.22. The number of para-hydroxylation sites is 1. The number of hydrogen-bond donors (Lipinski definition) is 2. The number of ether oxygens (including phenoxy) is 1. The molecule has 0 aliphatic rings. The zero-order chi connectivity index (χ0) is 15.2. The lowest BCUT2D eigenvalue weighted by atomic mass is 9.95. The summed E-state index contributed by atoms with van der Waals surface area (Å²) in [5.41, 5.74) is 0.162. The summed E-state index contributed by atoms with van der Waals surface area (Å²) in [6.45, 7) is 8.63. The van der Waals surface area contributed by atoms with Gasteiger partial charge in [-0.2, -0.15) is 0 Å². The summed E-state index contributed by atoms with van der Waals surface area (Å²) in [5.74, 6) is -0.106. The molecule has 112 valence electrons. The van der Waals surface area contributed by atoms with Gasteiger partial charge in [0.1, 0.15) is 12.4 Å². The predicted octanol–water partition coefficient (Wildman–Crippen LogP) is 3.24. The molecule has 0 aliphatic heterocycles. The fourth-order valence-electron chi connectivity index (χ4n) is 1.76. The van der Waals surface area contributed by atoms with E-state index < -0.39 is 11.4 Å². The van der Waals surface area contributed by atoms with Crippen molar-refractivity contribution in [2.24, 2.45) is 5.41 Å². The van der Waals surface area contributed by atoms with Gasteiger partial charge in [0.2, 0.25) is 0 Å². The summed E-state index contributed by atoms with van der Waals surface area (Å²) in [6, 6.07) is 7.95. The second kappa shape index (κ2) is 7.29. The standard InChI is InChI=1S/C16H25NO3/c1-5-10-17-12(2)13-8-6-7-9-14(13)20-11-16(3,4)15(18)19/h6-9,12,17H,5,10-11H2,1-4H3,(H,18,19). The Hall–Kier alpha value is -1.55. The Labute approximate surface area is 121 Å². The van der Waals surface area contributed by atoms with E-state index in [2.05, 4.69) is 19.2 Å². The first-order valence-corrected chi connectivity index (χ1v) is 7.07. The maximum atomic E-state index is 11.1. The highest BCUT2D eigenvalue weighted by atomic mass is 16.5. The number of nitrogens with one attached hydrogen (secondary N) is 1. The lowest BCUT2D eigenvalue weighted by molar-refractivity contribution is -0.148. The Morgan fingerprint density at radius 3 is 2.65 bits per heavy atom. The Bertz CT molecular complexity index is 443. The van der Waals surface area contributed by atoms with E-state index in [1.165, 1.54) is 0 Å². The highest BCUT2D eigenvalue weighted by molar-refractivity contribution is 5.73. The molecule has 2 N–H and O–H groups in total. The van der Waals surface area contributed by atoms with Gasteiger partial charge in [-0.1, -0.05) is 25.1 Å². The fourth-order valence-corrected chi connectivity index (χ4v) is 1.76. The van der Waals surface area contributed by atoms with Gasteiger partial charge in [0.05, 0.1) is 5.41 Å². The third kappa shape index (κ3) is 4.53. The topological polar surface area (TPSA) is 58.6 Å². The van der Waals surface area contributed by atoms with Gasteiger partial charge in [0, 0.05) is 11.6 Å². The quantitative estimate of drug-likeness (QED) is 0.767. The number of benzene rings is 1. The van der Waals surface area contributed by atoms with Gasteiger partial charge in [-0.15, -0.1) is 0 Å². The van der Waals surface area contributed by atoms with E-state index in [1.54, 1.807) is 13.8 Å². The first kappa shape index (κ1) is 16.5. The monoisotopic (exact) mass is 279 g/mol. The lowest BCUT2D eigenvalue weighted by Crippen LogP contribution is -2.31. The smallest absolute Gasteiger partial charge is 0.312 e. The van der Waals surface area contributed by atoms with Crippen LogP contribution in [0.1, 0.15) is 45.7 Å². The molecule has 1 rings (SSSR count). The molecule has 1 aromatic rings. The van der Waals surface area contributed by atoms with E-state index in [0.717, 1.165) is 24.3 Å². The Balaban J connectivity index is 2.78. The number of hydrogen-bond acceptors (Lipinski definition) is 3. The van der Waals surface area contributed by atoms with Crippen LogP contribution in [0.3, 0.4) is 0 Å². The molecule has 0 aromatic heterocycles. The molecule has 0 aliphatic carbocycles. The van der Waals surface area contributed by atoms with Crippen molar-refractivity contribution in [2.45, 2.75) is 40.2 Å². The average Bonchev–Trinajstić information content (AvgIpc) is 2.42. The summed E-state index contributed by atoms with van der Waals surface area (Å²) in [7, 11) is 0. The van der Waals surface area contributed by atoms with Crippen molar-refractivity contribution in [2.75, 3.05) is 13.2 Å².